The van der Waals surface area contributed by atoms with Gasteiger partial charge in [0.15, 0.2) is 11.6 Å². The van der Waals surface area contributed by atoms with Crippen molar-refractivity contribution in [1.29, 1.82) is 0 Å². The van der Waals surface area contributed by atoms with Gasteiger partial charge in [0.1, 0.15) is 17.2 Å². The van der Waals surface area contributed by atoms with Gasteiger partial charge in [0, 0.05) is 0 Å². The summed E-state index contributed by atoms with van der Waals surface area (Å²) < 4.78 is 10.1. The Balaban J connectivity index is 2.15. The maximum Gasteiger partial charge on any atom is 0.514 e. The van der Waals surface area contributed by atoms with Crippen molar-refractivity contribution in [1.82, 2.24) is 4.98 Å². The molecule has 0 radical (unpaired) electrons. The smallest absolute Gasteiger partial charge is 0.431 e. The highest BCUT2D eigenvalue weighted by Gasteiger charge is 2.12. The van der Waals surface area contributed by atoms with Crippen molar-refractivity contribution in [2.45, 2.75) is 32.9 Å². The topological polar surface area (TPSA) is 154 Å². The van der Waals surface area contributed by atoms with Gasteiger partial charge in [-0.3, -0.25) is 4.79 Å². The van der Waals surface area contributed by atoms with Crippen LogP contribution in [-0.2, 0) is 9.53 Å². The molecule has 28 heavy (non-hydrogen) atoms. The van der Waals surface area contributed by atoms with E-state index in [0.29, 0.717) is 5.69 Å². The van der Waals surface area contributed by atoms with Crippen molar-refractivity contribution in [2.24, 2.45) is 16.0 Å². The Bertz CT molecular complexity index is 882. The number of carbonyl (C=O) groups excluding carboxylic acids is 2. The van der Waals surface area contributed by atoms with Gasteiger partial charge in [0.05, 0.1) is 12.1 Å². The predicted octanol–water partition coefficient (Wildman–Crippen LogP) is 3.29. The van der Waals surface area contributed by atoms with Gasteiger partial charge in [-0.05, 0) is 45.0 Å². The largest absolute Gasteiger partial charge is 0.514 e. The van der Waals surface area contributed by atoms with Crippen LogP contribution in [0.15, 0.2) is 46.6 Å². The van der Waals surface area contributed by atoms with Crippen LogP contribution in [0.3, 0.4) is 0 Å². The molecule has 0 aliphatic heterocycles. The molecule has 10 heteroatoms. The number of nitrogen functional groups attached to an aromatic ring is 1. The number of carbonyl (C=O) groups is 2. The summed E-state index contributed by atoms with van der Waals surface area (Å²) in [6.45, 7) is 4.98. The summed E-state index contributed by atoms with van der Waals surface area (Å²) in [5.41, 5.74) is 11.9. The quantitative estimate of drug-likeness (QED) is 0.391. The molecule has 0 unspecified atom stereocenters. The van der Waals surface area contributed by atoms with Gasteiger partial charge in [-0.2, -0.15) is 0 Å². The Morgan fingerprint density at radius 1 is 1.07 bits per heavy atom. The molecular formula is C18H22N6O4. The Morgan fingerprint density at radius 2 is 1.75 bits per heavy atom. The van der Waals surface area contributed by atoms with Gasteiger partial charge in [-0.15, -0.1) is 10.2 Å². The third kappa shape index (κ3) is 6.02. The van der Waals surface area contributed by atoms with Gasteiger partial charge < -0.3 is 26.3 Å². The first-order chi connectivity index (χ1) is 13.3. The molecule has 1 aromatic heterocycles. The van der Waals surface area contributed by atoms with Crippen LogP contribution in [0.5, 0.6) is 5.75 Å². The van der Waals surface area contributed by atoms with Gasteiger partial charge in [0.25, 0.3) is 0 Å². The number of rotatable bonds is 6. The standard InChI is InChI=1S/C18H22N6O4/c1-10(2)27-18(26)28-14-7-5-4-6-12(14)23-24-13-8-9-15(21-16(13)20)22-17(25)11(3)19/h4-11H,19H2,1-3H3,(H3,20,21,22,25)/b24-23+/t11-/m0/s1. The molecule has 1 aromatic carbocycles. The Morgan fingerprint density at radius 3 is 2.39 bits per heavy atom. The number of hydrogen-bond donors (Lipinski definition) is 3. The number of benzene rings is 1. The summed E-state index contributed by atoms with van der Waals surface area (Å²) in [5.74, 6) is 0.104. The maximum absolute atomic E-state index is 11.7. The number of azo groups is 1. The number of ether oxygens (including phenoxy) is 2. The molecule has 0 fully saturated rings. The van der Waals surface area contributed by atoms with E-state index in [2.05, 4.69) is 20.5 Å². The predicted molar refractivity (Wildman–Crippen MR) is 104 cm³/mol. The molecule has 2 aromatic rings. The summed E-state index contributed by atoms with van der Waals surface area (Å²) in [7, 11) is 0. The van der Waals surface area contributed by atoms with Crippen LogP contribution in [0, 0.1) is 0 Å². The SMILES string of the molecule is CC(C)OC(=O)Oc1ccccc1/N=N/c1ccc(NC(=O)[C@H](C)N)nc1N. The Kier molecular flexibility index (Phi) is 6.99. The molecule has 0 bridgehead atoms. The number of aromatic nitrogens is 1. The highest BCUT2D eigenvalue weighted by Crippen LogP contribution is 2.30. The minimum Gasteiger partial charge on any atom is -0.431 e. The molecule has 1 amide bonds. The molecule has 5 N–H and O–H groups in total. The van der Waals surface area contributed by atoms with Crippen molar-refractivity contribution >= 4 is 35.1 Å². The van der Waals surface area contributed by atoms with Crippen LogP contribution in [-0.4, -0.2) is 29.2 Å². The molecular weight excluding hydrogens is 364 g/mol. The van der Waals surface area contributed by atoms with Crippen molar-refractivity contribution in [3.8, 4) is 5.75 Å². The summed E-state index contributed by atoms with van der Waals surface area (Å²) in [6.07, 6.45) is -1.15. The molecule has 0 saturated carbocycles. The monoisotopic (exact) mass is 386 g/mol. The lowest BCUT2D eigenvalue weighted by molar-refractivity contribution is -0.117. The molecule has 0 aliphatic rings. The van der Waals surface area contributed by atoms with Crippen LogP contribution in [0.4, 0.5) is 27.8 Å². The van der Waals surface area contributed by atoms with Crippen molar-refractivity contribution in [2.75, 3.05) is 11.1 Å². The van der Waals surface area contributed by atoms with Crippen LogP contribution in [0.2, 0.25) is 0 Å². The number of nitrogens with one attached hydrogen (secondary N) is 1. The van der Waals surface area contributed by atoms with E-state index < -0.39 is 12.2 Å². The van der Waals surface area contributed by atoms with E-state index in [4.69, 9.17) is 20.9 Å². The number of nitrogens with two attached hydrogens (primary N) is 2. The summed E-state index contributed by atoms with van der Waals surface area (Å²) in [5, 5.41) is 10.6. The van der Waals surface area contributed by atoms with Gasteiger partial charge in [-0.25, -0.2) is 9.78 Å². The highest BCUT2D eigenvalue weighted by atomic mass is 16.7. The van der Waals surface area contributed by atoms with E-state index in [1.807, 2.05) is 0 Å². The fourth-order valence-electron chi connectivity index (χ4n) is 1.90. The first kappa shape index (κ1) is 20.8. The van der Waals surface area contributed by atoms with Crippen LogP contribution in [0.25, 0.3) is 0 Å². The van der Waals surface area contributed by atoms with E-state index in [1.54, 1.807) is 51.1 Å². The zero-order valence-electron chi connectivity index (χ0n) is 15.7. The Labute approximate surface area is 161 Å². The van der Waals surface area contributed by atoms with E-state index in [-0.39, 0.29) is 35.1 Å². The maximum atomic E-state index is 11.7. The lowest BCUT2D eigenvalue weighted by Crippen LogP contribution is -2.32. The van der Waals surface area contributed by atoms with E-state index in [0.717, 1.165) is 0 Å². The summed E-state index contributed by atoms with van der Waals surface area (Å²) >= 11 is 0. The van der Waals surface area contributed by atoms with Crippen molar-refractivity contribution in [3.05, 3.63) is 36.4 Å². The van der Waals surface area contributed by atoms with Crippen LogP contribution < -0.4 is 21.5 Å². The zero-order chi connectivity index (χ0) is 20.7. The minimum absolute atomic E-state index is 0.0591. The fraction of sp³-hybridized carbons (Fsp3) is 0.278. The molecule has 148 valence electrons. The Hall–Kier alpha value is -3.53. The van der Waals surface area contributed by atoms with Gasteiger partial charge >= 0.3 is 6.16 Å². The number of pyridine rings is 1. The highest BCUT2D eigenvalue weighted by molar-refractivity contribution is 5.93. The van der Waals surface area contributed by atoms with Crippen LogP contribution in [0.1, 0.15) is 20.8 Å². The number of hydrogen-bond acceptors (Lipinski definition) is 9. The average Bonchev–Trinajstić information content (AvgIpc) is 2.61. The third-order valence-electron chi connectivity index (χ3n) is 3.22. The van der Waals surface area contributed by atoms with Crippen molar-refractivity contribution in [3.63, 3.8) is 0 Å². The van der Waals surface area contributed by atoms with Gasteiger partial charge in [-0.1, -0.05) is 12.1 Å². The van der Waals surface area contributed by atoms with E-state index in [1.165, 1.54) is 6.07 Å². The average molecular weight is 386 g/mol. The zero-order valence-corrected chi connectivity index (χ0v) is 15.7. The number of nitrogens with zero attached hydrogens (tertiary/aromatic N) is 3. The fourth-order valence-corrected chi connectivity index (χ4v) is 1.90. The first-order valence-corrected chi connectivity index (χ1v) is 8.48. The van der Waals surface area contributed by atoms with E-state index in [9.17, 15) is 9.59 Å². The lowest BCUT2D eigenvalue weighted by atomic mass is 10.3. The normalized spacial score (nSPS) is 12.0. The lowest BCUT2D eigenvalue weighted by Gasteiger charge is -2.09. The van der Waals surface area contributed by atoms with E-state index >= 15 is 0 Å². The second kappa shape index (κ2) is 9.42. The third-order valence-corrected chi connectivity index (χ3v) is 3.22. The molecule has 10 nitrogen and oxygen atoms in total. The van der Waals surface area contributed by atoms with Gasteiger partial charge in [0.2, 0.25) is 5.91 Å². The molecule has 2 rings (SSSR count). The van der Waals surface area contributed by atoms with Crippen molar-refractivity contribution < 1.29 is 19.1 Å². The van der Waals surface area contributed by atoms with Crippen LogP contribution >= 0.6 is 0 Å². The molecule has 1 heterocycles. The molecule has 0 spiro atoms. The first-order valence-electron chi connectivity index (χ1n) is 8.48. The second-order valence-electron chi connectivity index (χ2n) is 6.07. The minimum atomic E-state index is -0.840. The number of para-hydroxylation sites is 1. The summed E-state index contributed by atoms with van der Waals surface area (Å²) in [4.78, 5) is 27.3. The number of amides is 1. The summed E-state index contributed by atoms with van der Waals surface area (Å²) in [6, 6.07) is 8.95. The molecule has 1 atom stereocenters. The number of anilines is 2. The molecule has 0 saturated heterocycles. The second-order valence-corrected chi connectivity index (χ2v) is 6.07. The molecule has 0 aliphatic carbocycles.